The molecule has 4 aromatic heterocycles. The number of nitrogens with zero attached hydrogens (tertiary/aromatic N) is 6. The fourth-order valence-electron chi connectivity index (χ4n) is 4.09. The first-order chi connectivity index (χ1) is 19.1. The van der Waals surface area contributed by atoms with E-state index in [2.05, 4.69) is 35.0 Å². The van der Waals surface area contributed by atoms with Gasteiger partial charge in [0.25, 0.3) is 11.8 Å². The number of aryl methyl sites for hydroxylation is 2. The summed E-state index contributed by atoms with van der Waals surface area (Å²) in [6.07, 6.45) is 4.04. The van der Waals surface area contributed by atoms with Crippen molar-refractivity contribution in [3.63, 3.8) is 0 Å². The lowest BCUT2D eigenvalue weighted by Gasteiger charge is -2.15. The van der Waals surface area contributed by atoms with E-state index < -0.39 is 18.4 Å². The number of carbonyl (C=O) groups excluding carboxylic acids is 2. The number of nitrogens with one attached hydrogen (secondary N) is 1. The summed E-state index contributed by atoms with van der Waals surface area (Å²) in [5, 5.41) is 3.41. The van der Waals surface area contributed by atoms with E-state index >= 15 is 0 Å². The fraction of sp³-hybridized carbons (Fsp3) is 0.240. The Balaban J connectivity index is 1.31. The molecule has 0 saturated heterocycles. The van der Waals surface area contributed by atoms with Crippen LogP contribution in [0.5, 0.6) is 11.6 Å². The van der Waals surface area contributed by atoms with Crippen LogP contribution in [-0.2, 0) is 13.1 Å². The molecule has 40 heavy (non-hydrogen) atoms. The average molecular weight is 588 g/mol. The van der Waals surface area contributed by atoms with Gasteiger partial charge in [0, 0.05) is 23.0 Å². The largest absolute Gasteiger partial charge is 0.494 e. The highest BCUT2D eigenvalue weighted by molar-refractivity contribution is 7.16. The Morgan fingerprint density at radius 3 is 2.58 bits per heavy atom. The van der Waals surface area contributed by atoms with Crippen LogP contribution in [-0.4, -0.2) is 55.4 Å². The molecule has 0 atom stereocenters. The summed E-state index contributed by atoms with van der Waals surface area (Å²) in [4.78, 5) is 49.1. The highest BCUT2D eigenvalue weighted by Crippen LogP contribution is 2.35. The van der Waals surface area contributed by atoms with E-state index in [1.54, 1.807) is 19.1 Å². The molecule has 0 aliphatic carbocycles. The first-order valence-corrected chi connectivity index (χ1v) is 12.9. The molecule has 206 valence electrons. The van der Waals surface area contributed by atoms with Gasteiger partial charge in [0.05, 0.1) is 48.7 Å². The van der Waals surface area contributed by atoms with E-state index in [1.165, 1.54) is 42.7 Å². The third kappa shape index (κ3) is 5.53. The molecule has 1 aliphatic heterocycles. The minimum absolute atomic E-state index is 0.00570. The molecule has 1 aliphatic rings. The van der Waals surface area contributed by atoms with E-state index in [1.807, 2.05) is 0 Å². The Kier molecular flexibility index (Phi) is 7.54. The summed E-state index contributed by atoms with van der Waals surface area (Å²) in [7, 11) is 1.50. The van der Waals surface area contributed by atoms with Gasteiger partial charge in [-0.15, -0.1) is 0 Å². The summed E-state index contributed by atoms with van der Waals surface area (Å²) < 4.78 is 34.7. The predicted molar refractivity (Wildman–Crippen MR) is 141 cm³/mol. The van der Waals surface area contributed by atoms with Crippen molar-refractivity contribution < 1.29 is 27.8 Å². The zero-order valence-electron chi connectivity index (χ0n) is 21.2. The second kappa shape index (κ2) is 11.1. The van der Waals surface area contributed by atoms with Gasteiger partial charge in [-0.3, -0.25) is 19.9 Å². The number of carbonyl (C=O) groups is 2. The molecule has 0 saturated carbocycles. The average Bonchev–Trinajstić information content (AvgIpc) is 3.48. The van der Waals surface area contributed by atoms with Gasteiger partial charge in [-0.05, 0) is 26.0 Å². The van der Waals surface area contributed by atoms with Crippen LogP contribution in [0.4, 0.5) is 13.9 Å². The van der Waals surface area contributed by atoms with E-state index in [4.69, 9.17) is 16.3 Å². The molecule has 0 fully saturated rings. The molecule has 11 nitrogen and oxygen atoms in total. The lowest BCUT2D eigenvalue weighted by atomic mass is 10.0. The van der Waals surface area contributed by atoms with Gasteiger partial charge < -0.3 is 14.4 Å². The monoisotopic (exact) mass is 587 g/mol. The van der Waals surface area contributed by atoms with Gasteiger partial charge in [0.2, 0.25) is 5.88 Å². The lowest BCUT2D eigenvalue weighted by molar-refractivity contribution is -0.0536. The van der Waals surface area contributed by atoms with Crippen molar-refractivity contribution in [2.75, 3.05) is 12.4 Å². The number of anilines is 1. The number of aromatic nitrogens is 5. The summed E-state index contributed by atoms with van der Waals surface area (Å²) >= 11 is 7.35. The van der Waals surface area contributed by atoms with Gasteiger partial charge in [-0.2, -0.15) is 8.78 Å². The maximum absolute atomic E-state index is 13.3. The maximum atomic E-state index is 13.3. The Hall–Kier alpha value is -4.30. The third-order valence-electron chi connectivity index (χ3n) is 5.91. The third-order valence-corrected chi connectivity index (χ3v) is 7.12. The van der Waals surface area contributed by atoms with E-state index in [0.29, 0.717) is 33.4 Å². The quantitative estimate of drug-likeness (QED) is 0.306. The van der Waals surface area contributed by atoms with Crippen molar-refractivity contribution in [1.29, 1.82) is 0 Å². The van der Waals surface area contributed by atoms with Gasteiger partial charge in [-0.25, -0.2) is 19.9 Å². The number of rotatable bonds is 7. The van der Waals surface area contributed by atoms with Gasteiger partial charge in [0.1, 0.15) is 22.3 Å². The van der Waals surface area contributed by atoms with Crippen molar-refractivity contribution in [2.24, 2.45) is 0 Å². The van der Waals surface area contributed by atoms with Crippen LogP contribution in [0, 0.1) is 13.8 Å². The number of hydrogen-bond donors (Lipinski definition) is 1. The molecule has 0 spiro atoms. The van der Waals surface area contributed by atoms with E-state index in [9.17, 15) is 18.4 Å². The van der Waals surface area contributed by atoms with E-state index in [-0.39, 0.29) is 41.1 Å². The molecule has 2 amide bonds. The van der Waals surface area contributed by atoms with Crippen LogP contribution in [0.15, 0.2) is 30.7 Å². The minimum Gasteiger partial charge on any atom is -0.494 e. The predicted octanol–water partition coefficient (Wildman–Crippen LogP) is 4.68. The Morgan fingerprint density at radius 2 is 1.88 bits per heavy atom. The Bertz CT molecular complexity index is 1610. The van der Waals surface area contributed by atoms with Crippen molar-refractivity contribution >= 4 is 39.9 Å². The molecule has 4 aromatic rings. The number of methoxy groups -OCH3 is 1. The molecule has 0 radical (unpaired) electrons. The summed E-state index contributed by atoms with van der Waals surface area (Å²) in [6.45, 7) is 0.600. The lowest BCUT2D eigenvalue weighted by Crippen LogP contribution is -2.27. The highest BCUT2D eigenvalue weighted by atomic mass is 35.5. The van der Waals surface area contributed by atoms with E-state index in [0.717, 1.165) is 11.1 Å². The van der Waals surface area contributed by atoms with Crippen LogP contribution in [0.25, 0.3) is 11.1 Å². The van der Waals surface area contributed by atoms with Crippen molar-refractivity contribution in [3.8, 4) is 22.8 Å². The van der Waals surface area contributed by atoms with Crippen LogP contribution in [0.1, 0.15) is 42.8 Å². The highest BCUT2D eigenvalue weighted by Gasteiger charge is 2.30. The van der Waals surface area contributed by atoms with Crippen LogP contribution in [0.2, 0.25) is 5.15 Å². The number of ether oxygens (including phenoxy) is 2. The molecule has 5 heterocycles. The number of amides is 2. The van der Waals surface area contributed by atoms with Crippen molar-refractivity contribution in [1.82, 2.24) is 29.8 Å². The zero-order valence-corrected chi connectivity index (χ0v) is 22.8. The number of alkyl halides is 2. The molecule has 0 aromatic carbocycles. The first-order valence-electron chi connectivity index (χ1n) is 11.7. The number of halogens is 3. The van der Waals surface area contributed by atoms with Gasteiger partial charge in [0.15, 0.2) is 5.13 Å². The Labute approximate surface area is 235 Å². The minimum atomic E-state index is -3.05. The summed E-state index contributed by atoms with van der Waals surface area (Å²) in [5.74, 6) is -0.769. The van der Waals surface area contributed by atoms with Crippen molar-refractivity contribution in [2.45, 2.75) is 33.5 Å². The maximum Gasteiger partial charge on any atom is 0.388 e. The van der Waals surface area contributed by atoms with Gasteiger partial charge >= 0.3 is 6.61 Å². The van der Waals surface area contributed by atoms with Crippen molar-refractivity contribution in [3.05, 3.63) is 69.1 Å². The first kappa shape index (κ1) is 27.3. The molecular formula is C25H20ClF2N7O4S. The van der Waals surface area contributed by atoms with Crippen LogP contribution < -0.4 is 14.8 Å². The molecular weight excluding hydrogens is 568 g/mol. The molecule has 15 heteroatoms. The normalized spacial score (nSPS) is 12.4. The number of fused-ring (bicyclic) bond motifs is 1. The second-order valence-electron chi connectivity index (χ2n) is 8.61. The Morgan fingerprint density at radius 1 is 1.07 bits per heavy atom. The summed E-state index contributed by atoms with van der Waals surface area (Å²) in [5.41, 5.74) is 2.81. The smallest absolute Gasteiger partial charge is 0.388 e. The molecule has 5 rings (SSSR count). The molecule has 1 N–H and O–H groups in total. The number of hydrogen-bond acceptors (Lipinski definition) is 10. The number of thiazole rings is 1. The standard InChI is InChI=1S/C25H20ClF2N7O4S/c1-11-4-13(14-5-20(26)30-8-18(14)38-3)15(6-29-11)21(36)34-25-33-17-9-35(10-19(17)40-25)23(37)16-7-31-22(12(2)32-16)39-24(27)28/h4-8,24H,9-10H2,1-3H3,(H,33,34,36). The number of pyridine rings is 2. The molecule has 0 bridgehead atoms. The van der Waals surface area contributed by atoms with Crippen LogP contribution in [0.3, 0.4) is 0 Å². The fourth-order valence-corrected chi connectivity index (χ4v) is 5.23. The van der Waals surface area contributed by atoms with Gasteiger partial charge in [-0.1, -0.05) is 22.9 Å². The van der Waals surface area contributed by atoms with Crippen LogP contribution >= 0.6 is 22.9 Å². The SMILES string of the molecule is COc1cnc(Cl)cc1-c1cc(C)ncc1C(=O)Nc1nc2c(s1)CN(C(=O)c1cnc(OC(F)F)c(C)n1)C2. The summed E-state index contributed by atoms with van der Waals surface area (Å²) in [6, 6.07) is 3.37. The second-order valence-corrected chi connectivity index (χ2v) is 10.1. The topological polar surface area (TPSA) is 132 Å². The molecule has 0 unspecified atom stereocenters. The zero-order chi connectivity index (χ0) is 28.6.